The number of hydrogen-bond donors (Lipinski definition) is 2. The molecule has 0 bridgehead atoms. The second-order valence-electron chi connectivity index (χ2n) is 6.57. The molecule has 2 N–H and O–H groups in total. The van der Waals surface area contributed by atoms with Crippen LogP contribution in [0.4, 0.5) is 5.82 Å². The van der Waals surface area contributed by atoms with E-state index >= 15 is 0 Å². The lowest BCUT2D eigenvalue weighted by atomic mass is 10.0. The van der Waals surface area contributed by atoms with Crippen LogP contribution < -0.4 is 10.6 Å². The van der Waals surface area contributed by atoms with E-state index in [2.05, 4.69) is 55.2 Å². The number of nitrogens with zero attached hydrogens (tertiary/aromatic N) is 2. The smallest absolute Gasteiger partial charge is 0.271 e. The molecular formula is C15H24N4O. The average Bonchev–Trinajstić information content (AvgIpc) is 2.79. The van der Waals surface area contributed by atoms with Crippen molar-refractivity contribution < 1.29 is 4.79 Å². The first kappa shape index (κ1) is 14.8. The van der Waals surface area contributed by atoms with Crippen molar-refractivity contribution in [2.24, 2.45) is 10.8 Å². The molecule has 0 spiro atoms. The number of amides is 1. The molecule has 5 nitrogen and oxygen atoms in total. The van der Waals surface area contributed by atoms with Crippen molar-refractivity contribution in [3.8, 4) is 0 Å². The maximum Gasteiger partial charge on any atom is 0.271 e. The third-order valence-corrected chi connectivity index (χ3v) is 4.72. The van der Waals surface area contributed by atoms with Gasteiger partial charge in [-0.3, -0.25) is 9.78 Å². The molecule has 0 atom stereocenters. The van der Waals surface area contributed by atoms with Crippen LogP contribution >= 0.6 is 0 Å². The van der Waals surface area contributed by atoms with Crippen molar-refractivity contribution in [2.75, 3.05) is 11.9 Å². The largest absolute Gasteiger partial charge is 0.369 e. The Morgan fingerprint density at radius 1 is 1.25 bits per heavy atom. The summed E-state index contributed by atoms with van der Waals surface area (Å²) in [6.07, 6.45) is 4.15. The van der Waals surface area contributed by atoms with Crippen LogP contribution in [0.1, 0.15) is 51.5 Å². The van der Waals surface area contributed by atoms with E-state index in [1.54, 1.807) is 6.20 Å². The van der Waals surface area contributed by atoms with Crippen molar-refractivity contribution in [2.45, 2.75) is 47.1 Å². The number of carbonyl (C=O) groups is 1. The van der Waals surface area contributed by atoms with Crippen molar-refractivity contribution in [1.82, 2.24) is 15.3 Å². The molecule has 1 aromatic rings. The third kappa shape index (κ3) is 2.49. The van der Waals surface area contributed by atoms with Gasteiger partial charge < -0.3 is 10.6 Å². The van der Waals surface area contributed by atoms with Gasteiger partial charge in [0.15, 0.2) is 0 Å². The topological polar surface area (TPSA) is 66.9 Å². The number of anilines is 1. The summed E-state index contributed by atoms with van der Waals surface area (Å²) in [5.74, 6) is 0.495. The molecule has 1 fully saturated rings. The summed E-state index contributed by atoms with van der Waals surface area (Å²) in [6, 6.07) is 0.177. The highest BCUT2D eigenvalue weighted by atomic mass is 16.2. The van der Waals surface area contributed by atoms with E-state index < -0.39 is 0 Å². The van der Waals surface area contributed by atoms with Crippen LogP contribution in [0.15, 0.2) is 12.4 Å². The third-order valence-electron chi connectivity index (χ3n) is 4.72. The predicted octanol–water partition coefficient (Wildman–Crippen LogP) is 2.46. The van der Waals surface area contributed by atoms with Crippen LogP contribution in [0.2, 0.25) is 0 Å². The molecule has 0 radical (unpaired) electrons. The molecule has 1 aliphatic rings. The first-order valence-corrected chi connectivity index (χ1v) is 7.17. The molecule has 5 heteroatoms. The zero-order valence-electron chi connectivity index (χ0n) is 12.9. The van der Waals surface area contributed by atoms with E-state index in [1.165, 1.54) is 6.20 Å². The Bertz CT molecular complexity index is 496. The summed E-state index contributed by atoms with van der Waals surface area (Å²) in [5.41, 5.74) is 0.604. The normalized spacial score (nSPS) is 19.4. The Morgan fingerprint density at radius 2 is 1.90 bits per heavy atom. The first-order valence-electron chi connectivity index (χ1n) is 7.17. The number of rotatable bonds is 5. The van der Waals surface area contributed by atoms with Crippen molar-refractivity contribution >= 4 is 11.7 Å². The number of aromatic nitrogens is 2. The summed E-state index contributed by atoms with van der Waals surface area (Å²) >= 11 is 0. The van der Waals surface area contributed by atoms with Gasteiger partial charge in [-0.25, -0.2) is 4.98 Å². The van der Waals surface area contributed by atoms with E-state index in [9.17, 15) is 4.79 Å². The zero-order chi connectivity index (χ0) is 15.0. The summed E-state index contributed by atoms with van der Waals surface area (Å²) in [5, 5.41) is 6.20. The zero-order valence-corrected chi connectivity index (χ0v) is 12.9. The summed E-state index contributed by atoms with van der Waals surface area (Å²) in [6.45, 7) is 11.6. The second kappa shape index (κ2) is 5.04. The highest BCUT2D eigenvalue weighted by Crippen LogP contribution is 2.62. The molecule has 2 rings (SSSR count). The molecule has 1 amide bonds. The van der Waals surface area contributed by atoms with E-state index in [-0.39, 0.29) is 22.8 Å². The highest BCUT2D eigenvalue weighted by molar-refractivity contribution is 5.93. The monoisotopic (exact) mass is 276 g/mol. The summed E-state index contributed by atoms with van der Waals surface area (Å²) in [7, 11) is 0. The van der Waals surface area contributed by atoms with Gasteiger partial charge in [0.2, 0.25) is 0 Å². The van der Waals surface area contributed by atoms with Gasteiger partial charge in [-0.2, -0.15) is 0 Å². The molecule has 0 unspecified atom stereocenters. The lowest BCUT2D eigenvalue weighted by Crippen LogP contribution is -2.30. The SMILES string of the molecule is CCCNc1cncc(C(=O)NC2C(C)(C)C2(C)C)n1. The Kier molecular flexibility index (Phi) is 3.71. The van der Waals surface area contributed by atoms with Crippen LogP contribution in [0, 0.1) is 10.8 Å². The van der Waals surface area contributed by atoms with Crippen LogP contribution in [-0.2, 0) is 0 Å². The fourth-order valence-corrected chi connectivity index (χ4v) is 2.58. The average molecular weight is 276 g/mol. The standard InChI is InChI=1S/C15H24N4O/c1-6-7-17-11-9-16-8-10(18-11)12(20)19-13-14(2,3)15(13,4)5/h8-9,13H,6-7H2,1-5H3,(H,17,18)(H,19,20). The highest BCUT2D eigenvalue weighted by Gasteiger charge is 2.65. The molecule has 0 saturated heterocycles. The molecule has 1 aliphatic carbocycles. The van der Waals surface area contributed by atoms with Crippen LogP contribution in [-0.4, -0.2) is 28.5 Å². The minimum absolute atomic E-state index is 0.119. The fraction of sp³-hybridized carbons (Fsp3) is 0.667. The van der Waals surface area contributed by atoms with E-state index in [0.29, 0.717) is 11.5 Å². The lowest BCUT2D eigenvalue weighted by molar-refractivity contribution is 0.0938. The van der Waals surface area contributed by atoms with Gasteiger partial charge in [0.1, 0.15) is 11.5 Å². The Hall–Kier alpha value is -1.65. The molecular weight excluding hydrogens is 252 g/mol. The van der Waals surface area contributed by atoms with E-state index in [4.69, 9.17) is 0 Å². The maximum absolute atomic E-state index is 12.3. The predicted molar refractivity (Wildman–Crippen MR) is 79.6 cm³/mol. The van der Waals surface area contributed by atoms with Gasteiger partial charge >= 0.3 is 0 Å². The number of nitrogens with one attached hydrogen (secondary N) is 2. The van der Waals surface area contributed by atoms with Crippen LogP contribution in [0.25, 0.3) is 0 Å². The Morgan fingerprint density at radius 3 is 2.45 bits per heavy atom. The van der Waals surface area contributed by atoms with Gasteiger partial charge in [0.25, 0.3) is 5.91 Å². The molecule has 20 heavy (non-hydrogen) atoms. The van der Waals surface area contributed by atoms with Gasteiger partial charge in [-0.05, 0) is 17.3 Å². The minimum atomic E-state index is -0.152. The number of hydrogen-bond acceptors (Lipinski definition) is 4. The quantitative estimate of drug-likeness (QED) is 0.867. The van der Waals surface area contributed by atoms with Crippen molar-refractivity contribution in [3.63, 3.8) is 0 Å². The molecule has 110 valence electrons. The second-order valence-corrected chi connectivity index (χ2v) is 6.57. The van der Waals surface area contributed by atoms with Gasteiger partial charge in [0, 0.05) is 12.6 Å². The maximum atomic E-state index is 12.3. The van der Waals surface area contributed by atoms with Gasteiger partial charge in [-0.15, -0.1) is 0 Å². The Labute approximate surface area is 120 Å². The molecule has 1 aromatic heterocycles. The Balaban J connectivity index is 2.03. The van der Waals surface area contributed by atoms with Crippen molar-refractivity contribution in [3.05, 3.63) is 18.1 Å². The molecule has 0 aliphatic heterocycles. The van der Waals surface area contributed by atoms with Crippen LogP contribution in [0.3, 0.4) is 0 Å². The summed E-state index contributed by atoms with van der Waals surface area (Å²) < 4.78 is 0. The lowest BCUT2D eigenvalue weighted by Gasteiger charge is -2.08. The number of carbonyl (C=O) groups excluding carboxylic acids is 1. The van der Waals surface area contributed by atoms with E-state index in [0.717, 1.165) is 13.0 Å². The molecule has 1 saturated carbocycles. The van der Waals surface area contributed by atoms with Crippen LogP contribution in [0.5, 0.6) is 0 Å². The molecule has 1 heterocycles. The fourth-order valence-electron chi connectivity index (χ4n) is 2.58. The van der Waals surface area contributed by atoms with Crippen molar-refractivity contribution in [1.29, 1.82) is 0 Å². The molecule has 0 aromatic carbocycles. The van der Waals surface area contributed by atoms with Gasteiger partial charge in [0.05, 0.1) is 12.4 Å². The van der Waals surface area contributed by atoms with Gasteiger partial charge in [-0.1, -0.05) is 34.6 Å². The minimum Gasteiger partial charge on any atom is -0.369 e. The summed E-state index contributed by atoms with van der Waals surface area (Å²) in [4.78, 5) is 20.6. The van der Waals surface area contributed by atoms with E-state index in [1.807, 2.05) is 0 Å². The first-order chi connectivity index (χ1) is 9.30.